The molecule has 1 saturated carbocycles. The second kappa shape index (κ2) is 8.25. The summed E-state index contributed by atoms with van der Waals surface area (Å²) in [5, 5.41) is 7.57. The normalized spacial score (nSPS) is 22.3. The molecular formula is C25H36N6O. The number of anilines is 1. The maximum atomic E-state index is 12.8. The fraction of sp³-hybridized carbons (Fsp3) is 0.680. The minimum atomic E-state index is 0.0275. The number of carbonyl (C=O) groups excluding carboxylic acids is 1. The van der Waals surface area contributed by atoms with E-state index in [9.17, 15) is 4.79 Å². The number of amides is 1. The first kappa shape index (κ1) is 21.6. The van der Waals surface area contributed by atoms with Gasteiger partial charge in [-0.2, -0.15) is 5.10 Å². The zero-order valence-corrected chi connectivity index (χ0v) is 19.9. The van der Waals surface area contributed by atoms with E-state index in [1.807, 2.05) is 11.1 Å². The van der Waals surface area contributed by atoms with Crippen molar-refractivity contribution >= 4 is 11.7 Å². The van der Waals surface area contributed by atoms with Gasteiger partial charge < -0.3 is 0 Å². The average Bonchev–Trinajstić information content (AvgIpc) is 3.44. The molecule has 7 heteroatoms. The molecule has 0 spiro atoms. The Balaban J connectivity index is 1.46. The summed E-state index contributed by atoms with van der Waals surface area (Å²) in [4.78, 5) is 27.3. The van der Waals surface area contributed by atoms with E-state index in [0.717, 1.165) is 49.8 Å². The second-order valence-electron chi connectivity index (χ2n) is 10.9. The van der Waals surface area contributed by atoms with Crippen LogP contribution in [0.2, 0.25) is 0 Å². The van der Waals surface area contributed by atoms with Crippen molar-refractivity contribution in [2.45, 2.75) is 90.6 Å². The number of nitrogens with zero attached hydrogens (tertiary/aromatic N) is 5. The van der Waals surface area contributed by atoms with Gasteiger partial charge in [-0.3, -0.25) is 19.7 Å². The van der Waals surface area contributed by atoms with Crippen LogP contribution in [0.3, 0.4) is 0 Å². The van der Waals surface area contributed by atoms with Gasteiger partial charge in [0.15, 0.2) is 0 Å². The molecule has 2 fully saturated rings. The van der Waals surface area contributed by atoms with Gasteiger partial charge in [-0.1, -0.05) is 27.2 Å². The van der Waals surface area contributed by atoms with Crippen LogP contribution in [0, 0.1) is 12.8 Å². The Morgan fingerprint density at radius 1 is 1.12 bits per heavy atom. The van der Waals surface area contributed by atoms with Crippen LogP contribution >= 0.6 is 0 Å². The van der Waals surface area contributed by atoms with Crippen molar-refractivity contribution in [1.29, 1.82) is 0 Å². The Morgan fingerprint density at radius 3 is 2.69 bits per heavy atom. The molecule has 1 atom stereocenters. The van der Waals surface area contributed by atoms with Crippen LogP contribution in [0.25, 0.3) is 0 Å². The second-order valence-corrected chi connectivity index (χ2v) is 10.9. The summed E-state index contributed by atoms with van der Waals surface area (Å²) >= 11 is 0. The van der Waals surface area contributed by atoms with Gasteiger partial charge in [-0.25, -0.2) is 9.97 Å². The SMILES string of the molecule is Cc1nc(C2CCCCN2Cc2cn[nH]c2C(C)(C)C)nc2c1CCC(=O)N2CC1CC1. The number of aromatic nitrogens is 4. The molecular weight excluding hydrogens is 400 g/mol. The molecule has 1 amide bonds. The van der Waals surface area contributed by atoms with Gasteiger partial charge in [-0.15, -0.1) is 0 Å². The van der Waals surface area contributed by atoms with Crippen molar-refractivity contribution < 1.29 is 4.79 Å². The standard InChI is InChI=1S/C25H36N6O/c1-16-19-10-11-21(32)31(14-17-8-9-17)24(19)28-23(27-16)20-7-5-6-12-30(20)15-18-13-26-29-22(18)25(2,3)4/h13,17,20H,5-12,14-15H2,1-4H3,(H,26,29). The number of hydrogen-bond donors (Lipinski definition) is 1. The first-order valence-electron chi connectivity index (χ1n) is 12.3. The number of aryl methyl sites for hydroxylation is 1. The predicted molar refractivity (Wildman–Crippen MR) is 124 cm³/mol. The molecule has 1 N–H and O–H groups in total. The van der Waals surface area contributed by atoms with Crippen LogP contribution < -0.4 is 4.90 Å². The van der Waals surface area contributed by atoms with Crippen LogP contribution in [-0.4, -0.2) is 44.1 Å². The molecule has 2 aromatic rings. The third-order valence-corrected chi connectivity index (χ3v) is 7.25. The van der Waals surface area contributed by atoms with E-state index in [-0.39, 0.29) is 17.4 Å². The lowest BCUT2D eigenvalue weighted by atomic mass is 9.89. The molecule has 2 aromatic heterocycles. The number of nitrogens with one attached hydrogen (secondary N) is 1. The van der Waals surface area contributed by atoms with Gasteiger partial charge in [-0.05, 0) is 51.5 Å². The van der Waals surface area contributed by atoms with Gasteiger partial charge in [0, 0.05) is 47.4 Å². The summed E-state index contributed by atoms with van der Waals surface area (Å²) in [5.41, 5.74) is 4.69. The third kappa shape index (κ3) is 4.19. The van der Waals surface area contributed by atoms with Gasteiger partial charge >= 0.3 is 0 Å². The summed E-state index contributed by atoms with van der Waals surface area (Å²) in [5.74, 6) is 2.64. The van der Waals surface area contributed by atoms with Gasteiger partial charge in [0.2, 0.25) is 5.91 Å². The molecule has 2 aliphatic heterocycles. The minimum absolute atomic E-state index is 0.0275. The van der Waals surface area contributed by atoms with Crippen molar-refractivity contribution in [1.82, 2.24) is 25.1 Å². The number of carbonyl (C=O) groups is 1. The highest BCUT2D eigenvalue weighted by molar-refractivity contribution is 5.95. The molecule has 5 rings (SSSR count). The van der Waals surface area contributed by atoms with Crippen LogP contribution in [0.1, 0.15) is 93.7 Å². The van der Waals surface area contributed by atoms with Crippen LogP contribution in [-0.2, 0) is 23.2 Å². The minimum Gasteiger partial charge on any atom is -0.296 e. The molecule has 172 valence electrons. The molecule has 32 heavy (non-hydrogen) atoms. The van der Waals surface area contributed by atoms with Gasteiger partial charge in [0.1, 0.15) is 11.6 Å². The molecule has 7 nitrogen and oxygen atoms in total. The summed E-state index contributed by atoms with van der Waals surface area (Å²) in [6.07, 6.45) is 9.20. The maximum Gasteiger partial charge on any atom is 0.228 e. The first-order valence-corrected chi connectivity index (χ1v) is 12.3. The summed E-state index contributed by atoms with van der Waals surface area (Å²) < 4.78 is 0. The van der Waals surface area contributed by atoms with E-state index < -0.39 is 0 Å². The molecule has 0 bridgehead atoms. The summed E-state index contributed by atoms with van der Waals surface area (Å²) in [6.45, 7) is 11.5. The van der Waals surface area contributed by atoms with E-state index in [4.69, 9.17) is 9.97 Å². The number of aromatic amines is 1. The van der Waals surface area contributed by atoms with Crippen LogP contribution in [0.4, 0.5) is 5.82 Å². The number of hydrogen-bond acceptors (Lipinski definition) is 5. The topological polar surface area (TPSA) is 78.0 Å². The van der Waals surface area contributed by atoms with Crippen molar-refractivity contribution in [2.75, 3.05) is 18.0 Å². The smallest absolute Gasteiger partial charge is 0.228 e. The highest BCUT2D eigenvalue weighted by Crippen LogP contribution is 2.38. The van der Waals surface area contributed by atoms with Crippen molar-refractivity contribution in [3.05, 3.63) is 34.5 Å². The van der Waals surface area contributed by atoms with Gasteiger partial charge in [0.25, 0.3) is 0 Å². The van der Waals surface area contributed by atoms with E-state index >= 15 is 0 Å². The Bertz CT molecular complexity index is 1000. The number of H-pyrrole nitrogens is 1. The quantitative estimate of drug-likeness (QED) is 0.759. The Kier molecular flexibility index (Phi) is 5.56. The largest absolute Gasteiger partial charge is 0.296 e. The fourth-order valence-corrected chi connectivity index (χ4v) is 5.27. The lowest BCUT2D eigenvalue weighted by molar-refractivity contribution is -0.119. The average molecular weight is 437 g/mol. The first-order chi connectivity index (χ1) is 15.3. The zero-order valence-electron chi connectivity index (χ0n) is 19.9. The summed E-state index contributed by atoms with van der Waals surface area (Å²) in [6, 6.07) is 0.176. The third-order valence-electron chi connectivity index (χ3n) is 7.25. The number of likely N-dealkylation sites (tertiary alicyclic amines) is 1. The van der Waals surface area contributed by atoms with Crippen molar-refractivity contribution in [3.63, 3.8) is 0 Å². The number of fused-ring (bicyclic) bond motifs is 1. The molecule has 1 aliphatic carbocycles. The lowest BCUT2D eigenvalue weighted by Gasteiger charge is -2.36. The highest BCUT2D eigenvalue weighted by atomic mass is 16.2. The Labute approximate surface area is 191 Å². The monoisotopic (exact) mass is 436 g/mol. The van der Waals surface area contributed by atoms with Crippen LogP contribution in [0.5, 0.6) is 0 Å². The fourth-order valence-electron chi connectivity index (χ4n) is 5.27. The van der Waals surface area contributed by atoms with Crippen LogP contribution in [0.15, 0.2) is 6.20 Å². The molecule has 1 unspecified atom stereocenters. The molecule has 3 aliphatic rings. The number of rotatable bonds is 5. The molecule has 4 heterocycles. The molecule has 0 radical (unpaired) electrons. The predicted octanol–water partition coefficient (Wildman–Crippen LogP) is 4.22. The van der Waals surface area contributed by atoms with Crippen molar-refractivity contribution in [3.8, 4) is 0 Å². The maximum absolute atomic E-state index is 12.8. The molecule has 0 aromatic carbocycles. The van der Waals surface area contributed by atoms with E-state index in [1.54, 1.807) is 0 Å². The number of piperidine rings is 1. The van der Waals surface area contributed by atoms with E-state index in [0.29, 0.717) is 12.3 Å². The molecule has 1 saturated heterocycles. The Morgan fingerprint density at radius 2 is 1.94 bits per heavy atom. The Hall–Kier alpha value is -2.28. The lowest BCUT2D eigenvalue weighted by Crippen LogP contribution is -2.39. The van der Waals surface area contributed by atoms with E-state index in [1.165, 1.54) is 42.5 Å². The highest BCUT2D eigenvalue weighted by Gasteiger charge is 2.35. The van der Waals surface area contributed by atoms with E-state index in [2.05, 4.69) is 42.8 Å². The zero-order chi connectivity index (χ0) is 22.5. The van der Waals surface area contributed by atoms with Gasteiger partial charge in [0.05, 0.1) is 12.2 Å². The summed E-state index contributed by atoms with van der Waals surface area (Å²) in [7, 11) is 0. The van der Waals surface area contributed by atoms with Crippen molar-refractivity contribution in [2.24, 2.45) is 5.92 Å².